The standard InChI is InChI=1S/C22H19BrN2O3/c1-27-20-11-12-21(23)18(13-20)14-24-25-22(26)15-28-19-9-7-17(8-10-19)16-5-3-2-4-6-16/h2-14H,15H2,1H3,(H,25,26)/b24-14+. The summed E-state index contributed by atoms with van der Waals surface area (Å²) in [7, 11) is 1.59. The van der Waals surface area contributed by atoms with Gasteiger partial charge in [0.1, 0.15) is 11.5 Å². The van der Waals surface area contributed by atoms with Gasteiger partial charge in [0.15, 0.2) is 6.61 Å². The van der Waals surface area contributed by atoms with Gasteiger partial charge in [-0.25, -0.2) is 5.43 Å². The van der Waals surface area contributed by atoms with Crippen LogP contribution in [0.15, 0.2) is 82.4 Å². The number of hydrazone groups is 1. The second-order valence-electron chi connectivity index (χ2n) is 5.86. The third kappa shape index (κ3) is 5.44. The van der Waals surface area contributed by atoms with Gasteiger partial charge in [-0.2, -0.15) is 5.10 Å². The average molecular weight is 439 g/mol. The number of rotatable bonds is 7. The summed E-state index contributed by atoms with van der Waals surface area (Å²) in [4.78, 5) is 11.9. The van der Waals surface area contributed by atoms with Gasteiger partial charge < -0.3 is 9.47 Å². The topological polar surface area (TPSA) is 59.9 Å². The third-order valence-corrected chi connectivity index (χ3v) is 4.65. The molecule has 0 unspecified atom stereocenters. The average Bonchev–Trinajstić information content (AvgIpc) is 2.74. The first-order valence-electron chi connectivity index (χ1n) is 8.59. The van der Waals surface area contributed by atoms with Crippen molar-refractivity contribution in [1.29, 1.82) is 0 Å². The molecule has 0 aliphatic carbocycles. The van der Waals surface area contributed by atoms with Crippen molar-refractivity contribution >= 4 is 28.1 Å². The molecular weight excluding hydrogens is 420 g/mol. The van der Waals surface area contributed by atoms with Crippen molar-refractivity contribution in [3.8, 4) is 22.6 Å². The van der Waals surface area contributed by atoms with Crippen LogP contribution >= 0.6 is 15.9 Å². The van der Waals surface area contributed by atoms with Gasteiger partial charge in [0.25, 0.3) is 5.91 Å². The van der Waals surface area contributed by atoms with E-state index in [0.717, 1.165) is 21.2 Å². The highest BCUT2D eigenvalue weighted by atomic mass is 79.9. The van der Waals surface area contributed by atoms with E-state index in [0.29, 0.717) is 11.5 Å². The molecule has 3 rings (SSSR count). The summed E-state index contributed by atoms with van der Waals surface area (Å²) in [6, 6.07) is 23.1. The highest BCUT2D eigenvalue weighted by Gasteiger charge is 2.03. The monoisotopic (exact) mass is 438 g/mol. The summed E-state index contributed by atoms with van der Waals surface area (Å²) in [5.74, 6) is 0.981. The lowest BCUT2D eigenvalue weighted by atomic mass is 10.1. The van der Waals surface area contributed by atoms with Crippen LogP contribution in [0.1, 0.15) is 5.56 Å². The molecule has 6 heteroatoms. The van der Waals surface area contributed by atoms with Gasteiger partial charge in [0, 0.05) is 10.0 Å². The summed E-state index contributed by atoms with van der Waals surface area (Å²) in [6.07, 6.45) is 1.54. The smallest absolute Gasteiger partial charge is 0.277 e. The maximum Gasteiger partial charge on any atom is 0.277 e. The van der Waals surface area contributed by atoms with Crippen LogP contribution in [0, 0.1) is 0 Å². The predicted octanol–water partition coefficient (Wildman–Crippen LogP) is 4.65. The quantitative estimate of drug-likeness (QED) is 0.431. The number of halogens is 1. The molecule has 0 fully saturated rings. The van der Waals surface area contributed by atoms with Gasteiger partial charge in [0.05, 0.1) is 13.3 Å². The minimum Gasteiger partial charge on any atom is -0.497 e. The Labute approximate surface area is 172 Å². The number of amides is 1. The Morgan fingerprint density at radius 1 is 1.00 bits per heavy atom. The minimum absolute atomic E-state index is 0.124. The number of nitrogens with one attached hydrogen (secondary N) is 1. The van der Waals surface area contributed by atoms with Crippen LogP contribution in [0.4, 0.5) is 0 Å². The molecule has 0 heterocycles. The zero-order valence-corrected chi connectivity index (χ0v) is 16.8. The molecule has 142 valence electrons. The Balaban J connectivity index is 1.50. The Morgan fingerprint density at radius 2 is 1.68 bits per heavy atom. The lowest BCUT2D eigenvalue weighted by Crippen LogP contribution is -2.24. The Hall–Kier alpha value is -3.12. The number of nitrogens with zero attached hydrogens (tertiary/aromatic N) is 1. The fourth-order valence-corrected chi connectivity index (χ4v) is 2.83. The van der Waals surface area contributed by atoms with Gasteiger partial charge in [-0.05, 0) is 41.5 Å². The minimum atomic E-state index is -0.345. The molecule has 28 heavy (non-hydrogen) atoms. The van der Waals surface area contributed by atoms with Crippen LogP contribution in [-0.4, -0.2) is 25.8 Å². The van der Waals surface area contributed by atoms with E-state index in [1.165, 1.54) is 0 Å². The van der Waals surface area contributed by atoms with E-state index in [4.69, 9.17) is 9.47 Å². The van der Waals surface area contributed by atoms with Crippen LogP contribution in [0.25, 0.3) is 11.1 Å². The van der Waals surface area contributed by atoms with Crippen molar-refractivity contribution in [2.24, 2.45) is 5.10 Å². The van der Waals surface area contributed by atoms with Gasteiger partial charge in [-0.15, -0.1) is 0 Å². The summed E-state index contributed by atoms with van der Waals surface area (Å²) in [6.45, 7) is -0.124. The Morgan fingerprint density at radius 3 is 2.39 bits per heavy atom. The molecule has 0 spiro atoms. The number of hydrogen-bond donors (Lipinski definition) is 1. The fourth-order valence-electron chi connectivity index (χ4n) is 2.48. The Bertz CT molecular complexity index is 957. The summed E-state index contributed by atoms with van der Waals surface area (Å²) < 4.78 is 11.5. The largest absolute Gasteiger partial charge is 0.497 e. The van der Waals surface area contributed by atoms with Crippen LogP contribution in [0.2, 0.25) is 0 Å². The zero-order valence-electron chi connectivity index (χ0n) is 15.3. The molecule has 0 atom stereocenters. The molecule has 1 amide bonds. The SMILES string of the molecule is COc1ccc(Br)c(/C=N/NC(=O)COc2ccc(-c3ccccc3)cc2)c1. The van der Waals surface area contributed by atoms with E-state index in [1.54, 1.807) is 13.3 Å². The molecule has 5 nitrogen and oxygen atoms in total. The highest BCUT2D eigenvalue weighted by molar-refractivity contribution is 9.10. The van der Waals surface area contributed by atoms with Gasteiger partial charge in [-0.3, -0.25) is 4.79 Å². The van der Waals surface area contributed by atoms with Gasteiger partial charge in [0.2, 0.25) is 0 Å². The lowest BCUT2D eigenvalue weighted by Gasteiger charge is -2.07. The Kier molecular flexibility index (Phi) is 6.81. The molecule has 0 radical (unpaired) electrons. The van der Waals surface area contributed by atoms with E-state index < -0.39 is 0 Å². The summed E-state index contributed by atoms with van der Waals surface area (Å²) in [5.41, 5.74) is 5.45. The number of carbonyl (C=O) groups is 1. The van der Waals surface area contributed by atoms with Crippen LogP contribution in [-0.2, 0) is 4.79 Å². The number of benzene rings is 3. The number of methoxy groups -OCH3 is 1. The van der Waals surface area contributed by atoms with Crippen molar-refractivity contribution in [2.75, 3.05) is 13.7 Å². The van der Waals surface area contributed by atoms with Crippen LogP contribution in [0.3, 0.4) is 0 Å². The van der Waals surface area contributed by atoms with Crippen molar-refractivity contribution in [1.82, 2.24) is 5.43 Å². The second-order valence-corrected chi connectivity index (χ2v) is 6.71. The van der Waals surface area contributed by atoms with E-state index in [-0.39, 0.29) is 12.5 Å². The van der Waals surface area contributed by atoms with Crippen LogP contribution in [0.5, 0.6) is 11.5 Å². The van der Waals surface area contributed by atoms with Crippen molar-refractivity contribution < 1.29 is 14.3 Å². The molecule has 0 saturated heterocycles. The molecule has 0 aliphatic heterocycles. The van der Waals surface area contributed by atoms with Crippen LogP contribution < -0.4 is 14.9 Å². The van der Waals surface area contributed by atoms with Crippen molar-refractivity contribution in [3.05, 3.63) is 82.8 Å². The van der Waals surface area contributed by atoms with Crippen molar-refractivity contribution in [3.63, 3.8) is 0 Å². The first-order valence-corrected chi connectivity index (χ1v) is 9.39. The molecule has 3 aromatic carbocycles. The molecule has 0 aromatic heterocycles. The molecule has 0 saturated carbocycles. The maximum atomic E-state index is 11.9. The number of ether oxygens (including phenoxy) is 2. The number of carbonyl (C=O) groups excluding carboxylic acids is 1. The van der Waals surface area contributed by atoms with E-state index in [1.807, 2.05) is 72.8 Å². The lowest BCUT2D eigenvalue weighted by molar-refractivity contribution is -0.123. The number of hydrogen-bond acceptors (Lipinski definition) is 4. The molecule has 0 bridgehead atoms. The zero-order chi connectivity index (χ0) is 19.8. The fraction of sp³-hybridized carbons (Fsp3) is 0.0909. The normalized spacial score (nSPS) is 10.6. The van der Waals surface area contributed by atoms with Gasteiger partial charge in [-0.1, -0.05) is 58.4 Å². The molecular formula is C22H19BrN2O3. The van der Waals surface area contributed by atoms with Crippen molar-refractivity contribution in [2.45, 2.75) is 0 Å². The molecule has 3 aromatic rings. The molecule has 0 aliphatic rings. The summed E-state index contributed by atoms with van der Waals surface area (Å²) >= 11 is 3.43. The van der Waals surface area contributed by atoms with E-state index in [9.17, 15) is 4.79 Å². The maximum absolute atomic E-state index is 11.9. The molecule has 1 N–H and O–H groups in total. The first-order chi connectivity index (χ1) is 13.7. The summed E-state index contributed by atoms with van der Waals surface area (Å²) in [5, 5.41) is 3.95. The first kappa shape index (κ1) is 19.6. The third-order valence-electron chi connectivity index (χ3n) is 3.93. The predicted molar refractivity (Wildman–Crippen MR) is 114 cm³/mol. The highest BCUT2D eigenvalue weighted by Crippen LogP contribution is 2.22. The van der Waals surface area contributed by atoms with E-state index in [2.05, 4.69) is 26.5 Å². The van der Waals surface area contributed by atoms with E-state index >= 15 is 0 Å². The van der Waals surface area contributed by atoms with Gasteiger partial charge >= 0.3 is 0 Å². The second kappa shape index (κ2) is 9.71.